The molecule has 27 heavy (non-hydrogen) atoms. The molecule has 4 rings (SSSR count). The largest absolute Gasteiger partial charge is 0.360 e. The lowest BCUT2D eigenvalue weighted by Gasteiger charge is -2.10. The molecule has 0 saturated carbocycles. The summed E-state index contributed by atoms with van der Waals surface area (Å²) in [7, 11) is 0. The SMILES string of the molecule is Cc1cc(NC(=O)c2cc(-c3ccc(Cl)c(Cl)c3)nc3ccccc23)no1. The second kappa shape index (κ2) is 7.02. The lowest BCUT2D eigenvalue weighted by Crippen LogP contribution is -2.13. The maximum atomic E-state index is 12.9. The van der Waals surface area contributed by atoms with Crippen LogP contribution in [-0.2, 0) is 0 Å². The maximum absolute atomic E-state index is 12.9. The molecule has 2 heterocycles. The van der Waals surface area contributed by atoms with Crippen molar-refractivity contribution in [2.75, 3.05) is 5.32 Å². The highest BCUT2D eigenvalue weighted by Gasteiger charge is 2.16. The third kappa shape index (κ3) is 3.52. The summed E-state index contributed by atoms with van der Waals surface area (Å²) in [6.07, 6.45) is 0. The van der Waals surface area contributed by atoms with E-state index in [0.717, 1.165) is 10.9 Å². The molecule has 0 bridgehead atoms. The van der Waals surface area contributed by atoms with Crippen molar-refractivity contribution in [3.63, 3.8) is 0 Å². The number of halogens is 2. The molecule has 1 N–H and O–H groups in total. The molecule has 5 nitrogen and oxygen atoms in total. The minimum absolute atomic E-state index is 0.303. The van der Waals surface area contributed by atoms with Crippen molar-refractivity contribution >= 4 is 45.8 Å². The summed E-state index contributed by atoms with van der Waals surface area (Å²) in [6.45, 7) is 1.76. The van der Waals surface area contributed by atoms with E-state index in [4.69, 9.17) is 27.7 Å². The number of pyridine rings is 1. The summed E-state index contributed by atoms with van der Waals surface area (Å²) in [5.74, 6) is 0.666. The first-order valence-electron chi connectivity index (χ1n) is 8.11. The molecule has 0 aliphatic carbocycles. The van der Waals surface area contributed by atoms with Crippen LogP contribution < -0.4 is 5.32 Å². The van der Waals surface area contributed by atoms with Crippen LogP contribution in [0, 0.1) is 6.92 Å². The molecule has 0 spiro atoms. The van der Waals surface area contributed by atoms with Crippen LogP contribution in [0.4, 0.5) is 5.82 Å². The van der Waals surface area contributed by atoms with Crippen molar-refractivity contribution in [3.05, 3.63) is 76.0 Å². The molecular formula is C20H13Cl2N3O2. The Kier molecular flexibility index (Phi) is 4.56. The van der Waals surface area contributed by atoms with E-state index in [9.17, 15) is 4.79 Å². The molecule has 0 aliphatic rings. The summed E-state index contributed by atoms with van der Waals surface area (Å²) in [5, 5.41) is 8.18. The van der Waals surface area contributed by atoms with Crippen molar-refractivity contribution in [2.45, 2.75) is 6.92 Å². The van der Waals surface area contributed by atoms with Crippen LogP contribution in [0.25, 0.3) is 22.2 Å². The predicted molar refractivity (Wildman–Crippen MR) is 106 cm³/mol. The standard InChI is InChI=1S/C20H13Cl2N3O2/c1-11-8-19(25-27-11)24-20(26)14-10-18(12-6-7-15(21)16(22)9-12)23-17-5-3-2-4-13(14)17/h2-10H,1H3,(H,24,25,26). The molecule has 0 saturated heterocycles. The van der Waals surface area contributed by atoms with E-state index >= 15 is 0 Å². The highest BCUT2D eigenvalue weighted by atomic mass is 35.5. The van der Waals surface area contributed by atoms with E-state index in [1.807, 2.05) is 30.3 Å². The molecule has 2 aromatic carbocycles. The summed E-state index contributed by atoms with van der Waals surface area (Å²) in [6, 6.07) is 16.1. The molecule has 134 valence electrons. The number of aryl methyl sites for hydroxylation is 1. The number of hydrogen-bond donors (Lipinski definition) is 1. The van der Waals surface area contributed by atoms with E-state index in [-0.39, 0.29) is 5.91 Å². The number of nitrogens with zero attached hydrogens (tertiary/aromatic N) is 2. The van der Waals surface area contributed by atoms with Crippen LogP contribution in [0.1, 0.15) is 16.1 Å². The fraction of sp³-hybridized carbons (Fsp3) is 0.0500. The Bertz CT molecular complexity index is 1170. The van der Waals surface area contributed by atoms with Crippen molar-refractivity contribution < 1.29 is 9.32 Å². The number of carbonyl (C=O) groups is 1. The first kappa shape index (κ1) is 17.5. The molecule has 0 aliphatic heterocycles. The van der Waals surface area contributed by atoms with Crippen LogP contribution in [-0.4, -0.2) is 16.0 Å². The average Bonchev–Trinajstić information content (AvgIpc) is 3.07. The number of fused-ring (bicyclic) bond motifs is 1. The monoisotopic (exact) mass is 397 g/mol. The van der Waals surface area contributed by atoms with Gasteiger partial charge in [0.2, 0.25) is 0 Å². The maximum Gasteiger partial charge on any atom is 0.257 e. The number of rotatable bonds is 3. The van der Waals surface area contributed by atoms with Gasteiger partial charge in [0.15, 0.2) is 5.82 Å². The molecule has 0 fully saturated rings. The molecule has 2 aromatic heterocycles. The van der Waals surface area contributed by atoms with E-state index in [0.29, 0.717) is 38.4 Å². The fourth-order valence-corrected chi connectivity index (χ4v) is 3.07. The summed E-state index contributed by atoms with van der Waals surface area (Å²) in [4.78, 5) is 17.5. The van der Waals surface area contributed by atoms with Gasteiger partial charge >= 0.3 is 0 Å². The smallest absolute Gasteiger partial charge is 0.257 e. The van der Waals surface area contributed by atoms with Gasteiger partial charge in [-0.25, -0.2) is 4.98 Å². The van der Waals surface area contributed by atoms with Crippen molar-refractivity contribution in [3.8, 4) is 11.3 Å². The number of carbonyl (C=O) groups excluding carboxylic acids is 1. The van der Waals surface area contributed by atoms with Crippen LogP contribution in [0.5, 0.6) is 0 Å². The van der Waals surface area contributed by atoms with Gasteiger partial charge < -0.3 is 9.84 Å². The minimum Gasteiger partial charge on any atom is -0.360 e. The van der Waals surface area contributed by atoms with Gasteiger partial charge in [-0.2, -0.15) is 0 Å². The Morgan fingerprint density at radius 2 is 1.85 bits per heavy atom. The third-order valence-electron chi connectivity index (χ3n) is 4.05. The van der Waals surface area contributed by atoms with E-state index in [2.05, 4.69) is 15.5 Å². The van der Waals surface area contributed by atoms with E-state index in [1.54, 1.807) is 31.2 Å². The highest BCUT2D eigenvalue weighted by molar-refractivity contribution is 6.42. The molecule has 0 unspecified atom stereocenters. The zero-order valence-electron chi connectivity index (χ0n) is 14.2. The van der Waals surface area contributed by atoms with E-state index < -0.39 is 0 Å². The van der Waals surface area contributed by atoms with Gasteiger partial charge in [0.1, 0.15) is 5.76 Å². The molecule has 7 heteroatoms. The summed E-state index contributed by atoms with van der Waals surface area (Å²) < 4.78 is 5.00. The van der Waals surface area contributed by atoms with Gasteiger partial charge in [0.25, 0.3) is 5.91 Å². The summed E-state index contributed by atoms with van der Waals surface area (Å²) >= 11 is 12.1. The second-order valence-electron chi connectivity index (χ2n) is 5.98. The van der Waals surface area contributed by atoms with Gasteiger partial charge in [-0.05, 0) is 31.2 Å². The van der Waals surface area contributed by atoms with Crippen LogP contribution in [0.3, 0.4) is 0 Å². The normalized spacial score (nSPS) is 10.9. The van der Waals surface area contributed by atoms with Gasteiger partial charge in [-0.3, -0.25) is 4.79 Å². The Labute approximate surface area is 164 Å². The number of aromatic nitrogens is 2. The van der Waals surface area contributed by atoms with E-state index in [1.165, 1.54) is 0 Å². The Hall–Kier alpha value is -2.89. The van der Waals surface area contributed by atoms with Gasteiger partial charge in [0.05, 0.1) is 26.8 Å². The lowest BCUT2D eigenvalue weighted by atomic mass is 10.0. The number of anilines is 1. The third-order valence-corrected chi connectivity index (χ3v) is 4.78. The zero-order valence-corrected chi connectivity index (χ0v) is 15.7. The lowest BCUT2D eigenvalue weighted by molar-refractivity contribution is 0.102. The number of para-hydroxylation sites is 1. The molecule has 0 radical (unpaired) electrons. The van der Waals surface area contributed by atoms with Crippen LogP contribution >= 0.6 is 23.2 Å². The Balaban J connectivity index is 1.83. The summed E-state index contributed by atoms with van der Waals surface area (Å²) in [5.41, 5.74) is 2.56. The second-order valence-corrected chi connectivity index (χ2v) is 6.79. The Morgan fingerprint density at radius 1 is 1.04 bits per heavy atom. The topological polar surface area (TPSA) is 68.0 Å². The number of hydrogen-bond acceptors (Lipinski definition) is 4. The number of amides is 1. The average molecular weight is 398 g/mol. The number of nitrogens with one attached hydrogen (secondary N) is 1. The highest BCUT2D eigenvalue weighted by Crippen LogP contribution is 2.30. The number of benzene rings is 2. The quantitative estimate of drug-likeness (QED) is 0.477. The van der Waals surface area contributed by atoms with Gasteiger partial charge in [0, 0.05) is 17.0 Å². The van der Waals surface area contributed by atoms with Crippen molar-refractivity contribution in [1.29, 1.82) is 0 Å². The fourth-order valence-electron chi connectivity index (χ4n) is 2.78. The zero-order chi connectivity index (χ0) is 19.0. The first-order valence-corrected chi connectivity index (χ1v) is 8.87. The van der Waals surface area contributed by atoms with Crippen molar-refractivity contribution in [2.24, 2.45) is 0 Å². The van der Waals surface area contributed by atoms with Gasteiger partial charge in [-0.1, -0.05) is 52.6 Å². The first-order chi connectivity index (χ1) is 13.0. The van der Waals surface area contributed by atoms with Gasteiger partial charge in [-0.15, -0.1) is 0 Å². The molecule has 0 atom stereocenters. The molecular weight excluding hydrogens is 385 g/mol. The van der Waals surface area contributed by atoms with Crippen LogP contribution in [0.2, 0.25) is 10.0 Å². The molecule has 4 aromatic rings. The van der Waals surface area contributed by atoms with Crippen molar-refractivity contribution in [1.82, 2.24) is 10.1 Å². The Morgan fingerprint density at radius 3 is 2.59 bits per heavy atom. The predicted octanol–water partition coefficient (Wildman–Crippen LogP) is 5.76. The minimum atomic E-state index is -0.303. The van der Waals surface area contributed by atoms with Crippen LogP contribution in [0.15, 0.2) is 59.1 Å². The molecule has 1 amide bonds.